The van der Waals surface area contributed by atoms with E-state index in [1.807, 2.05) is 11.7 Å². The van der Waals surface area contributed by atoms with Gasteiger partial charge >= 0.3 is 0 Å². The standard InChI is InChI=1S/C15H28N4O/c1-4-8-16-11-14-12(2)17-18(3)15(14)19(9-10-20)13-6-5-7-13/h13,16,20H,4-11H2,1-3H3. The molecule has 1 aromatic rings. The van der Waals surface area contributed by atoms with Crippen LogP contribution in [0.15, 0.2) is 0 Å². The summed E-state index contributed by atoms with van der Waals surface area (Å²) in [6.07, 6.45) is 4.89. The summed E-state index contributed by atoms with van der Waals surface area (Å²) in [5.41, 5.74) is 2.37. The van der Waals surface area contributed by atoms with Gasteiger partial charge in [-0.2, -0.15) is 5.10 Å². The number of nitrogens with zero attached hydrogens (tertiary/aromatic N) is 3. The second-order valence-electron chi connectivity index (χ2n) is 5.69. The highest BCUT2D eigenvalue weighted by Gasteiger charge is 2.29. The Kier molecular flexibility index (Phi) is 5.43. The molecule has 0 spiro atoms. The molecule has 1 aromatic heterocycles. The lowest BCUT2D eigenvalue weighted by Crippen LogP contribution is -2.43. The number of hydrogen-bond donors (Lipinski definition) is 2. The summed E-state index contributed by atoms with van der Waals surface area (Å²) in [5.74, 6) is 1.19. The molecular weight excluding hydrogens is 252 g/mol. The fourth-order valence-electron chi connectivity index (χ4n) is 2.91. The maximum atomic E-state index is 9.38. The highest BCUT2D eigenvalue weighted by molar-refractivity contribution is 5.51. The first kappa shape index (κ1) is 15.3. The first-order valence-electron chi connectivity index (χ1n) is 7.79. The average molecular weight is 280 g/mol. The van der Waals surface area contributed by atoms with Crippen LogP contribution in [0.3, 0.4) is 0 Å². The minimum Gasteiger partial charge on any atom is -0.395 e. The molecule has 1 fully saturated rings. The van der Waals surface area contributed by atoms with Gasteiger partial charge in [-0.3, -0.25) is 4.68 Å². The van der Waals surface area contributed by atoms with E-state index in [4.69, 9.17) is 0 Å². The second-order valence-corrected chi connectivity index (χ2v) is 5.69. The van der Waals surface area contributed by atoms with Crippen LogP contribution in [0.25, 0.3) is 0 Å². The van der Waals surface area contributed by atoms with Gasteiger partial charge in [0.1, 0.15) is 5.82 Å². The van der Waals surface area contributed by atoms with Gasteiger partial charge < -0.3 is 15.3 Å². The van der Waals surface area contributed by atoms with E-state index in [0.29, 0.717) is 12.6 Å². The molecule has 0 radical (unpaired) electrons. The molecule has 1 saturated carbocycles. The first-order valence-corrected chi connectivity index (χ1v) is 7.79. The van der Waals surface area contributed by atoms with Crippen LogP contribution < -0.4 is 10.2 Å². The molecule has 1 aliphatic rings. The van der Waals surface area contributed by atoms with Crippen molar-refractivity contribution in [2.75, 3.05) is 24.6 Å². The number of nitrogens with one attached hydrogen (secondary N) is 1. The minimum absolute atomic E-state index is 0.197. The number of aryl methyl sites for hydroxylation is 2. The number of rotatable bonds is 8. The Labute approximate surface area is 122 Å². The second kappa shape index (κ2) is 7.09. The van der Waals surface area contributed by atoms with E-state index >= 15 is 0 Å². The number of aliphatic hydroxyl groups is 1. The highest BCUT2D eigenvalue weighted by Crippen LogP contribution is 2.32. The monoisotopic (exact) mass is 280 g/mol. The lowest BCUT2D eigenvalue weighted by atomic mass is 9.91. The van der Waals surface area contributed by atoms with E-state index in [-0.39, 0.29) is 6.61 Å². The fourth-order valence-corrected chi connectivity index (χ4v) is 2.91. The molecule has 1 aliphatic carbocycles. The summed E-state index contributed by atoms with van der Waals surface area (Å²) in [6.45, 7) is 7.03. The lowest BCUT2D eigenvalue weighted by molar-refractivity contribution is 0.281. The zero-order chi connectivity index (χ0) is 14.5. The van der Waals surface area contributed by atoms with Gasteiger partial charge in [0.05, 0.1) is 12.3 Å². The SMILES string of the molecule is CCCNCc1c(C)nn(C)c1N(CCO)C1CCC1. The molecule has 5 nitrogen and oxygen atoms in total. The van der Waals surface area contributed by atoms with Gasteiger partial charge in [0, 0.05) is 31.7 Å². The van der Waals surface area contributed by atoms with Crippen molar-refractivity contribution in [1.82, 2.24) is 15.1 Å². The number of anilines is 1. The Morgan fingerprint density at radius 3 is 2.75 bits per heavy atom. The molecule has 0 amide bonds. The summed E-state index contributed by atoms with van der Waals surface area (Å²) in [6, 6.07) is 0.571. The van der Waals surface area contributed by atoms with Gasteiger partial charge in [-0.1, -0.05) is 6.92 Å². The Morgan fingerprint density at radius 2 is 2.20 bits per heavy atom. The van der Waals surface area contributed by atoms with Gasteiger partial charge in [0.25, 0.3) is 0 Å². The molecule has 20 heavy (non-hydrogen) atoms. The first-order chi connectivity index (χ1) is 9.69. The van der Waals surface area contributed by atoms with Crippen molar-refractivity contribution < 1.29 is 5.11 Å². The van der Waals surface area contributed by atoms with Gasteiger partial charge in [-0.15, -0.1) is 0 Å². The van der Waals surface area contributed by atoms with Crippen LogP contribution in [0, 0.1) is 6.92 Å². The zero-order valence-corrected chi connectivity index (χ0v) is 13.0. The Balaban J connectivity index is 2.22. The maximum absolute atomic E-state index is 9.38. The van der Waals surface area contributed by atoms with E-state index in [1.165, 1.54) is 30.6 Å². The molecule has 0 unspecified atom stereocenters. The van der Waals surface area contributed by atoms with Crippen molar-refractivity contribution in [3.8, 4) is 0 Å². The third kappa shape index (κ3) is 3.15. The quantitative estimate of drug-likeness (QED) is 0.710. The van der Waals surface area contributed by atoms with Crippen LogP contribution >= 0.6 is 0 Å². The Morgan fingerprint density at radius 1 is 1.45 bits per heavy atom. The Bertz CT molecular complexity index is 426. The summed E-state index contributed by atoms with van der Waals surface area (Å²) < 4.78 is 1.98. The lowest BCUT2D eigenvalue weighted by Gasteiger charge is -2.39. The predicted octanol–water partition coefficient (Wildman–Crippen LogP) is 1.58. The highest BCUT2D eigenvalue weighted by atomic mass is 16.3. The van der Waals surface area contributed by atoms with Crippen molar-refractivity contribution in [2.45, 2.75) is 52.1 Å². The molecule has 2 rings (SSSR count). The minimum atomic E-state index is 0.197. The summed E-state index contributed by atoms with van der Waals surface area (Å²) in [7, 11) is 2.01. The van der Waals surface area contributed by atoms with E-state index in [9.17, 15) is 5.11 Å². The molecular formula is C15H28N4O. The molecule has 0 bridgehead atoms. The molecule has 0 aromatic carbocycles. The van der Waals surface area contributed by atoms with Gasteiger partial charge in [0.15, 0.2) is 0 Å². The van der Waals surface area contributed by atoms with Crippen molar-refractivity contribution in [3.05, 3.63) is 11.3 Å². The van der Waals surface area contributed by atoms with Crippen molar-refractivity contribution >= 4 is 5.82 Å². The van der Waals surface area contributed by atoms with E-state index < -0.39 is 0 Å². The van der Waals surface area contributed by atoms with Crippen LogP contribution in [0.2, 0.25) is 0 Å². The van der Waals surface area contributed by atoms with Gasteiger partial charge in [0.2, 0.25) is 0 Å². The molecule has 1 heterocycles. The summed E-state index contributed by atoms with van der Waals surface area (Å²) in [5, 5.41) is 17.4. The number of hydrogen-bond acceptors (Lipinski definition) is 4. The third-order valence-corrected chi connectivity index (χ3v) is 4.17. The predicted molar refractivity (Wildman–Crippen MR) is 82.0 cm³/mol. The van der Waals surface area contributed by atoms with E-state index in [1.54, 1.807) is 0 Å². The van der Waals surface area contributed by atoms with Crippen molar-refractivity contribution in [1.29, 1.82) is 0 Å². The van der Waals surface area contributed by atoms with Crippen LogP contribution in [0.5, 0.6) is 0 Å². The molecule has 0 saturated heterocycles. The Hall–Kier alpha value is -1.07. The van der Waals surface area contributed by atoms with Gasteiger partial charge in [-0.25, -0.2) is 0 Å². The molecule has 0 atom stereocenters. The zero-order valence-electron chi connectivity index (χ0n) is 13.0. The smallest absolute Gasteiger partial charge is 0.131 e. The topological polar surface area (TPSA) is 53.3 Å². The van der Waals surface area contributed by atoms with Crippen LogP contribution in [0.4, 0.5) is 5.82 Å². The van der Waals surface area contributed by atoms with Crippen LogP contribution in [-0.2, 0) is 13.6 Å². The molecule has 2 N–H and O–H groups in total. The summed E-state index contributed by atoms with van der Waals surface area (Å²) in [4.78, 5) is 2.35. The third-order valence-electron chi connectivity index (χ3n) is 4.17. The largest absolute Gasteiger partial charge is 0.395 e. The number of aromatic nitrogens is 2. The molecule has 0 aliphatic heterocycles. The van der Waals surface area contributed by atoms with E-state index in [2.05, 4.69) is 29.2 Å². The van der Waals surface area contributed by atoms with Crippen LogP contribution in [-0.4, -0.2) is 40.6 Å². The fraction of sp³-hybridized carbons (Fsp3) is 0.800. The van der Waals surface area contributed by atoms with E-state index in [0.717, 1.165) is 25.2 Å². The normalized spacial score (nSPS) is 15.4. The average Bonchev–Trinajstić information content (AvgIpc) is 2.62. The van der Waals surface area contributed by atoms with Gasteiger partial charge in [-0.05, 0) is 39.2 Å². The number of aliphatic hydroxyl groups excluding tert-OH is 1. The van der Waals surface area contributed by atoms with Crippen molar-refractivity contribution in [2.24, 2.45) is 7.05 Å². The maximum Gasteiger partial charge on any atom is 0.131 e. The molecule has 5 heteroatoms. The van der Waals surface area contributed by atoms with Crippen molar-refractivity contribution in [3.63, 3.8) is 0 Å². The summed E-state index contributed by atoms with van der Waals surface area (Å²) >= 11 is 0. The molecule has 114 valence electrons. The van der Waals surface area contributed by atoms with Crippen LogP contribution in [0.1, 0.15) is 43.9 Å².